The van der Waals surface area contributed by atoms with E-state index in [-0.39, 0.29) is 12.4 Å². The number of carbonyl (C=O) groups excluding carboxylic acids is 4. The standard InChI is InChI=1S/C16H16O8/c1-3-22-12(17)9-10-13(18)24-14(15(19)21-2)16(20)23-11-7-5-4-6-8-11/h4-10,14H,3H2,1-2H3. The van der Waals surface area contributed by atoms with Gasteiger partial charge in [-0.1, -0.05) is 18.2 Å². The molecule has 1 aromatic carbocycles. The zero-order valence-corrected chi connectivity index (χ0v) is 13.1. The maximum atomic E-state index is 12.0. The number of rotatable bonds is 7. The predicted octanol–water partition coefficient (Wildman–Crippen LogP) is 0.796. The fourth-order valence-corrected chi connectivity index (χ4v) is 1.44. The topological polar surface area (TPSA) is 105 Å². The minimum atomic E-state index is -1.92. The second kappa shape index (κ2) is 9.78. The molecule has 0 fully saturated rings. The number of esters is 4. The molecule has 1 aromatic rings. The summed E-state index contributed by atoms with van der Waals surface area (Å²) in [5, 5.41) is 0. The van der Waals surface area contributed by atoms with Gasteiger partial charge < -0.3 is 18.9 Å². The van der Waals surface area contributed by atoms with Gasteiger partial charge in [0.05, 0.1) is 13.7 Å². The average molecular weight is 336 g/mol. The Bertz CT molecular complexity index is 620. The molecule has 0 saturated heterocycles. The van der Waals surface area contributed by atoms with Crippen LogP contribution in [0.25, 0.3) is 0 Å². The average Bonchev–Trinajstić information content (AvgIpc) is 2.58. The molecule has 128 valence electrons. The summed E-state index contributed by atoms with van der Waals surface area (Å²) in [6.45, 7) is 1.73. The Morgan fingerprint density at radius 2 is 1.62 bits per heavy atom. The zero-order valence-electron chi connectivity index (χ0n) is 13.1. The van der Waals surface area contributed by atoms with Crippen molar-refractivity contribution >= 4 is 23.9 Å². The minimum absolute atomic E-state index is 0.131. The van der Waals surface area contributed by atoms with E-state index in [2.05, 4.69) is 14.2 Å². The van der Waals surface area contributed by atoms with E-state index in [4.69, 9.17) is 4.74 Å². The molecule has 0 radical (unpaired) electrons. The van der Waals surface area contributed by atoms with Crippen molar-refractivity contribution in [1.29, 1.82) is 0 Å². The largest absolute Gasteiger partial charge is 0.466 e. The highest BCUT2D eigenvalue weighted by atomic mass is 16.6. The van der Waals surface area contributed by atoms with Gasteiger partial charge in [0.2, 0.25) is 0 Å². The molecule has 8 heteroatoms. The van der Waals surface area contributed by atoms with E-state index < -0.39 is 30.0 Å². The molecule has 0 aliphatic rings. The van der Waals surface area contributed by atoms with Gasteiger partial charge in [-0.15, -0.1) is 0 Å². The minimum Gasteiger partial charge on any atom is -0.466 e. The Balaban J connectivity index is 2.75. The zero-order chi connectivity index (χ0) is 17.9. The van der Waals surface area contributed by atoms with Gasteiger partial charge in [0.1, 0.15) is 5.75 Å². The third-order valence-electron chi connectivity index (χ3n) is 2.47. The first-order valence-corrected chi connectivity index (χ1v) is 6.88. The van der Waals surface area contributed by atoms with Gasteiger partial charge in [-0.25, -0.2) is 19.2 Å². The molecule has 0 heterocycles. The highest BCUT2D eigenvalue weighted by Gasteiger charge is 2.33. The van der Waals surface area contributed by atoms with Crippen LogP contribution in [0, 0.1) is 0 Å². The van der Waals surface area contributed by atoms with Crippen molar-refractivity contribution < 1.29 is 38.1 Å². The van der Waals surface area contributed by atoms with Crippen LogP contribution >= 0.6 is 0 Å². The summed E-state index contributed by atoms with van der Waals surface area (Å²) in [4.78, 5) is 46.3. The smallest absolute Gasteiger partial charge is 0.364 e. The van der Waals surface area contributed by atoms with Gasteiger partial charge in [0.15, 0.2) is 0 Å². The lowest BCUT2D eigenvalue weighted by Gasteiger charge is -2.13. The van der Waals surface area contributed by atoms with E-state index in [1.807, 2.05) is 0 Å². The lowest BCUT2D eigenvalue weighted by atomic mass is 10.3. The summed E-state index contributed by atoms with van der Waals surface area (Å²) >= 11 is 0. The summed E-state index contributed by atoms with van der Waals surface area (Å²) in [7, 11) is 1.02. The van der Waals surface area contributed by atoms with Crippen LogP contribution in [-0.2, 0) is 33.4 Å². The first-order valence-electron chi connectivity index (χ1n) is 6.88. The molecule has 0 N–H and O–H groups in total. The van der Waals surface area contributed by atoms with Crippen LogP contribution in [0.15, 0.2) is 42.5 Å². The van der Waals surface area contributed by atoms with E-state index in [0.29, 0.717) is 0 Å². The molecule has 0 aromatic heterocycles. The third kappa shape index (κ3) is 6.30. The quantitative estimate of drug-likeness (QED) is 0.237. The van der Waals surface area contributed by atoms with Crippen molar-refractivity contribution in [2.75, 3.05) is 13.7 Å². The van der Waals surface area contributed by atoms with E-state index >= 15 is 0 Å². The number of benzene rings is 1. The molecule has 8 nitrogen and oxygen atoms in total. The SMILES string of the molecule is CCOC(=O)C=CC(=O)OC(C(=O)OC)C(=O)Oc1ccccc1. The predicted molar refractivity (Wildman–Crippen MR) is 79.7 cm³/mol. The Morgan fingerprint density at radius 3 is 2.21 bits per heavy atom. The first-order chi connectivity index (χ1) is 11.5. The number of methoxy groups -OCH3 is 1. The number of hydrogen-bond acceptors (Lipinski definition) is 8. The van der Waals surface area contributed by atoms with Crippen molar-refractivity contribution in [1.82, 2.24) is 0 Å². The molecule has 0 aliphatic carbocycles. The summed E-state index contributed by atoms with van der Waals surface area (Å²) in [5.41, 5.74) is 0. The van der Waals surface area contributed by atoms with Crippen LogP contribution in [0.1, 0.15) is 6.92 Å². The van der Waals surface area contributed by atoms with E-state index in [1.165, 1.54) is 12.1 Å². The maximum absolute atomic E-state index is 12.0. The molecular formula is C16H16O8. The molecule has 0 aliphatic heterocycles. The number of ether oxygens (including phenoxy) is 4. The summed E-state index contributed by atoms with van der Waals surface area (Å²) in [6, 6.07) is 7.90. The molecule has 24 heavy (non-hydrogen) atoms. The fourth-order valence-electron chi connectivity index (χ4n) is 1.44. The number of hydrogen-bond donors (Lipinski definition) is 0. The molecule has 0 spiro atoms. The van der Waals surface area contributed by atoms with Gasteiger partial charge in [0.25, 0.3) is 6.10 Å². The van der Waals surface area contributed by atoms with Crippen LogP contribution in [-0.4, -0.2) is 43.7 Å². The van der Waals surface area contributed by atoms with Gasteiger partial charge >= 0.3 is 23.9 Å². The molecule has 1 atom stereocenters. The van der Waals surface area contributed by atoms with Crippen molar-refractivity contribution in [2.45, 2.75) is 13.0 Å². The Hall–Kier alpha value is -3.16. The first kappa shape index (κ1) is 18.9. The lowest BCUT2D eigenvalue weighted by Crippen LogP contribution is -2.38. The van der Waals surface area contributed by atoms with Gasteiger partial charge in [-0.2, -0.15) is 0 Å². The van der Waals surface area contributed by atoms with Crippen molar-refractivity contribution in [3.63, 3.8) is 0 Å². The number of carbonyl (C=O) groups is 4. The normalized spacial score (nSPS) is 11.4. The number of para-hydroxylation sites is 1. The molecule has 1 rings (SSSR count). The second-order valence-electron chi connectivity index (χ2n) is 4.16. The highest BCUT2D eigenvalue weighted by molar-refractivity contribution is 6.02. The van der Waals surface area contributed by atoms with Gasteiger partial charge in [-0.05, 0) is 19.1 Å². The van der Waals surface area contributed by atoms with E-state index in [0.717, 1.165) is 19.3 Å². The monoisotopic (exact) mass is 336 g/mol. The van der Waals surface area contributed by atoms with Crippen molar-refractivity contribution in [3.8, 4) is 5.75 Å². The molecule has 0 bridgehead atoms. The van der Waals surface area contributed by atoms with Crippen LogP contribution in [0.4, 0.5) is 0 Å². The van der Waals surface area contributed by atoms with Crippen molar-refractivity contribution in [2.24, 2.45) is 0 Å². The highest BCUT2D eigenvalue weighted by Crippen LogP contribution is 2.11. The maximum Gasteiger partial charge on any atom is 0.364 e. The Labute approximate surface area is 137 Å². The molecular weight excluding hydrogens is 320 g/mol. The van der Waals surface area contributed by atoms with Crippen LogP contribution in [0.3, 0.4) is 0 Å². The summed E-state index contributed by atoms with van der Waals surface area (Å²) < 4.78 is 18.6. The summed E-state index contributed by atoms with van der Waals surface area (Å²) in [6.07, 6.45) is -0.388. The molecule has 0 saturated carbocycles. The van der Waals surface area contributed by atoms with Crippen LogP contribution < -0.4 is 4.74 Å². The third-order valence-corrected chi connectivity index (χ3v) is 2.47. The summed E-state index contributed by atoms with van der Waals surface area (Å²) in [5.74, 6) is -3.96. The second-order valence-corrected chi connectivity index (χ2v) is 4.16. The van der Waals surface area contributed by atoms with E-state index in [9.17, 15) is 19.2 Å². The fraction of sp³-hybridized carbons (Fsp3) is 0.250. The Kier molecular flexibility index (Phi) is 7.69. The molecule has 1 unspecified atom stereocenters. The van der Waals surface area contributed by atoms with Gasteiger partial charge in [0, 0.05) is 12.2 Å². The van der Waals surface area contributed by atoms with E-state index in [1.54, 1.807) is 25.1 Å². The Morgan fingerprint density at radius 1 is 1.00 bits per heavy atom. The van der Waals surface area contributed by atoms with Crippen molar-refractivity contribution in [3.05, 3.63) is 42.5 Å². The lowest BCUT2D eigenvalue weighted by molar-refractivity contribution is -0.172. The van der Waals surface area contributed by atoms with Crippen LogP contribution in [0.5, 0.6) is 5.75 Å². The van der Waals surface area contributed by atoms with Gasteiger partial charge in [-0.3, -0.25) is 0 Å². The molecule has 0 amide bonds. The van der Waals surface area contributed by atoms with Crippen LogP contribution in [0.2, 0.25) is 0 Å².